The number of hydrogen-bond donors (Lipinski definition) is 3. The maximum absolute atomic E-state index is 13.7. The summed E-state index contributed by atoms with van der Waals surface area (Å²) in [7, 11) is 0. The summed E-state index contributed by atoms with van der Waals surface area (Å²) >= 11 is 1.31. The van der Waals surface area contributed by atoms with Gasteiger partial charge in [0, 0.05) is 30.0 Å². The van der Waals surface area contributed by atoms with E-state index in [1.54, 1.807) is 12.4 Å². The van der Waals surface area contributed by atoms with Crippen LogP contribution in [0.2, 0.25) is 0 Å². The molecule has 2 heterocycles. The first-order valence-corrected chi connectivity index (χ1v) is 7.20. The Bertz CT molecular complexity index is 830. The number of halogens is 1. The molecule has 0 aliphatic heterocycles. The van der Waals surface area contributed by atoms with Crippen molar-refractivity contribution in [3.8, 4) is 6.07 Å². The Kier molecular flexibility index (Phi) is 3.54. The van der Waals surface area contributed by atoms with Gasteiger partial charge in [0.15, 0.2) is 0 Å². The number of aromatic nitrogens is 3. The molecule has 0 spiro atoms. The van der Waals surface area contributed by atoms with Crippen LogP contribution in [0.25, 0.3) is 10.9 Å². The van der Waals surface area contributed by atoms with Crippen LogP contribution in [0.3, 0.4) is 0 Å². The molecule has 3 N–H and O–H groups in total. The van der Waals surface area contributed by atoms with E-state index in [-0.39, 0.29) is 5.82 Å². The van der Waals surface area contributed by atoms with Crippen LogP contribution in [0.4, 0.5) is 10.1 Å². The van der Waals surface area contributed by atoms with E-state index in [0.717, 1.165) is 17.3 Å². The van der Waals surface area contributed by atoms with Crippen molar-refractivity contribution in [2.75, 3.05) is 4.72 Å². The van der Waals surface area contributed by atoms with Gasteiger partial charge in [-0.1, -0.05) is 6.92 Å². The van der Waals surface area contributed by atoms with Gasteiger partial charge in [-0.3, -0.25) is 0 Å². The van der Waals surface area contributed by atoms with Gasteiger partial charge in [-0.2, -0.15) is 5.26 Å². The molecule has 21 heavy (non-hydrogen) atoms. The molecule has 0 fully saturated rings. The molecule has 0 aliphatic rings. The molecule has 0 amide bonds. The summed E-state index contributed by atoms with van der Waals surface area (Å²) < 4.78 is 16.8. The lowest BCUT2D eigenvalue weighted by molar-refractivity contribution is 0.630. The fraction of sp³-hybridized carbons (Fsp3) is 0.143. The van der Waals surface area contributed by atoms with Crippen LogP contribution in [0.1, 0.15) is 18.3 Å². The van der Waals surface area contributed by atoms with Gasteiger partial charge in [0.25, 0.3) is 0 Å². The number of rotatable bonds is 4. The fourth-order valence-electron chi connectivity index (χ4n) is 2.05. The standard InChI is InChI=1S/C14H12FN5S/c1-2-12-17-7-13(19-12)21-20-11-4-9(15)3-10-8(5-16)6-18-14(10)11/h3-4,6-7,18,20H,2H2,1H3,(H,17,19). The third-order valence-corrected chi connectivity index (χ3v) is 3.83. The van der Waals surface area contributed by atoms with Crippen molar-refractivity contribution in [1.82, 2.24) is 15.0 Å². The number of hydrogen-bond acceptors (Lipinski definition) is 4. The Morgan fingerprint density at radius 3 is 3.05 bits per heavy atom. The van der Waals surface area contributed by atoms with Crippen LogP contribution in [0, 0.1) is 17.1 Å². The second-order valence-corrected chi connectivity index (χ2v) is 5.29. The number of aromatic amines is 2. The molecule has 1 aromatic carbocycles. The van der Waals surface area contributed by atoms with Crippen LogP contribution in [0.5, 0.6) is 0 Å². The molecule has 0 saturated heterocycles. The zero-order valence-corrected chi connectivity index (χ0v) is 12.0. The van der Waals surface area contributed by atoms with Gasteiger partial charge in [-0.25, -0.2) is 9.37 Å². The highest BCUT2D eigenvalue weighted by molar-refractivity contribution is 8.00. The van der Waals surface area contributed by atoms with Crippen molar-refractivity contribution < 1.29 is 4.39 Å². The molecule has 2 aromatic heterocycles. The Balaban J connectivity index is 1.90. The van der Waals surface area contributed by atoms with Gasteiger partial charge in [-0.05, 0) is 12.1 Å². The number of nitrogens with zero attached hydrogens (tertiary/aromatic N) is 2. The van der Waals surface area contributed by atoms with E-state index in [2.05, 4.69) is 19.7 Å². The number of aryl methyl sites for hydroxylation is 1. The number of benzene rings is 1. The minimum atomic E-state index is -0.388. The molecule has 3 rings (SSSR count). The van der Waals surface area contributed by atoms with Crippen LogP contribution in [-0.2, 0) is 6.42 Å². The van der Waals surface area contributed by atoms with Gasteiger partial charge >= 0.3 is 0 Å². The van der Waals surface area contributed by atoms with E-state index in [1.165, 1.54) is 24.1 Å². The molecule has 7 heteroatoms. The predicted molar refractivity (Wildman–Crippen MR) is 80.4 cm³/mol. The van der Waals surface area contributed by atoms with Crippen molar-refractivity contribution in [2.24, 2.45) is 0 Å². The molecular formula is C14H12FN5S. The highest BCUT2D eigenvalue weighted by atomic mass is 32.2. The van der Waals surface area contributed by atoms with E-state index < -0.39 is 0 Å². The summed E-state index contributed by atoms with van der Waals surface area (Å²) in [5, 5.41) is 10.4. The summed E-state index contributed by atoms with van der Waals surface area (Å²) in [6.45, 7) is 2.01. The summed E-state index contributed by atoms with van der Waals surface area (Å²) in [4.78, 5) is 10.3. The number of nitriles is 1. The van der Waals surface area contributed by atoms with Crippen LogP contribution in [0.15, 0.2) is 29.6 Å². The van der Waals surface area contributed by atoms with Crippen molar-refractivity contribution in [3.63, 3.8) is 0 Å². The zero-order valence-electron chi connectivity index (χ0n) is 11.2. The summed E-state index contributed by atoms with van der Waals surface area (Å²) in [5.74, 6) is 0.510. The van der Waals surface area contributed by atoms with Crippen molar-refractivity contribution in [2.45, 2.75) is 18.4 Å². The molecule has 0 saturated carbocycles. The second-order valence-electron chi connectivity index (χ2n) is 4.44. The van der Waals surface area contributed by atoms with Gasteiger partial charge in [0.1, 0.15) is 22.7 Å². The number of imidazole rings is 1. The normalized spacial score (nSPS) is 10.7. The molecule has 0 unspecified atom stereocenters. The fourth-order valence-corrected chi connectivity index (χ4v) is 2.71. The molecule has 5 nitrogen and oxygen atoms in total. The van der Waals surface area contributed by atoms with Crippen molar-refractivity contribution in [1.29, 1.82) is 5.26 Å². The number of nitrogens with one attached hydrogen (secondary N) is 3. The Labute approximate surface area is 124 Å². The number of fused-ring (bicyclic) bond motifs is 1. The highest BCUT2D eigenvalue weighted by Crippen LogP contribution is 2.29. The van der Waals surface area contributed by atoms with Gasteiger partial charge < -0.3 is 14.7 Å². The first-order chi connectivity index (χ1) is 10.2. The van der Waals surface area contributed by atoms with Crippen LogP contribution >= 0.6 is 11.9 Å². The Hall–Kier alpha value is -2.46. The molecule has 3 aromatic rings. The smallest absolute Gasteiger partial charge is 0.126 e. The zero-order chi connectivity index (χ0) is 14.8. The SMILES string of the molecule is CCc1ncc(SNc2cc(F)cc3c(C#N)c[nH]c23)[nH]1. The van der Waals surface area contributed by atoms with Gasteiger partial charge in [0.05, 0.1) is 23.0 Å². The molecule has 0 radical (unpaired) electrons. The van der Waals surface area contributed by atoms with Crippen molar-refractivity contribution >= 4 is 28.5 Å². The van der Waals surface area contributed by atoms with Gasteiger partial charge in [-0.15, -0.1) is 0 Å². The second kappa shape index (κ2) is 5.50. The van der Waals surface area contributed by atoms with Crippen LogP contribution in [-0.4, -0.2) is 15.0 Å². The van der Waals surface area contributed by atoms with E-state index in [0.29, 0.717) is 22.2 Å². The molecule has 0 aliphatic carbocycles. The Morgan fingerprint density at radius 2 is 2.33 bits per heavy atom. The lowest BCUT2D eigenvalue weighted by Gasteiger charge is -2.06. The lowest BCUT2D eigenvalue weighted by atomic mass is 10.1. The molecule has 0 atom stereocenters. The lowest BCUT2D eigenvalue weighted by Crippen LogP contribution is -1.90. The average Bonchev–Trinajstić information content (AvgIpc) is 3.10. The largest absolute Gasteiger partial charge is 0.358 e. The maximum atomic E-state index is 13.7. The van der Waals surface area contributed by atoms with E-state index >= 15 is 0 Å². The van der Waals surface area contributed by atoms with Crippen molar-refractivity contribution in [3.05, 3.63) is 41.7 Å². The maximum Gasteiger partial charge on any atom is 0.126 e. The third kappa shape index (κ3) is 2.58. The monoisotopic (exact) mass is 301 g/mol. The minimum absolute atomic E-state index is 0.388. The summed E-state index contributed by atoms with van der Waals surface area (Å²) in [6.07, 6.45) is 4.13. The first kappa shape index (κ1) is 13.5. The molecule has 0 bridgehead atoms. The number of H-pyrrole nitrogens is 2. The predicted octanol–water partition coefficient (Wildman–Crippen LogP) is 3.58. The quantitative estimate of drug-likeness (QED) is 0.643. The van der Waals surface area contributed by atoms with E-state index in [4.69, 9.17) is 5.26 Å². The first-order valence-electron chi connectivity index (χ1n) is 6.38. The minimum Gasteiger partial charge on any atom is -0.358 e. The highest BCUT2D eigenvalue weighted by Gasteiger charge is 2.10. The Morgan fingerprint density at radius 1 is 1.48 bits per heavy atom. The molecule has 106 valence electrons. The molecular weight excluding hydrogens is 289 g/mol. The summed E-state index contributed by atoms with van der Waals surface area (Å²) in [5.41, 5.74) is 1.71. The van der Waals surface area contributed by atoms with Gasteiger partial charge in [0.2, 0.25) is 0 Å². The van der Waals surface area contributed by atoms with Crippen LogP contribution < -0.4 is 4.72 Å². The average molecular weight is 301 g/mol. The topological polar surface area (TPSA) is 80.3 Å². The number of anilines is 1. The third-order valence-electron chi connectivity index (χ3n) is 3.09. The van der Waals surface area contributed by atoms with E-state index in [9.17, 15) is 4.39 Å². The summed E-state index contributed by atoms with van der Waals surface area (Å²) in [6, 6.07) is 4.79. The van der Waals surface area contributed by atoms with E-state index in [1.807, 2.05) is 13.0 Å².